The van der Waals surface area contributed by atoms with Gasteiger partial charge in [-0.2, -0.15) is 5.10 Å². The van der Waals surface area contributed by atoms with Crippen molar-refractivity contribution in [1.82, 2.24) is 15.5 Å². The lowest BCUT2D eigenvalue weighted by Crippen LogP contribution is -2.17. The Kier molecular flexibility index (Phi) is 3.60. The smallest absolute Gasteiger partial charge is 0.0695 e. The third kappa shape index (κ3) is 2.98. The number of nitrogens with one attached hydrogen (secondary N) is 2. The van der Waals surface area contributed by atoms with Gasteiger partial charge in [-0.05, 0) is 24.1 Å². The SMILES string of the molecule is Nc1cccc(-c2[nH]ncc2CNC2CC2c2ccccc2)c1. The first-order valence-electron chi connectivity index (χ1n) is 7.98. The van der Waals surface area contributed by atoms with Gasteiger partial charge in [-0.3, -0.25) is 5.10 Å². The van der Waals surface area contributed by atoms with Crippen LogP contribution in [0.3, 0.4) is 0 Å². The van der Waals surface area contributed by atoms with Crippen LogP contribution in [-0.2, 0) is 6.54 Å². The Hall–Kier alpha value is -2.59. The Bertz CT molecular complexity index is 794. The average molecular weight is 304 g/mol. The van der Waals surface area contributed by atoms with Gasteiger partial charge in [0, 0.05) is 35.3 Å². The summed E-state index contributed by atoms with van der Waals surface area (Å²) in [6.45, 7) is 0.814. The van der Waals surface area contributed by atoms with E-state index in [9.17, 15) is 0 Å². The summed E-state index contributed by atoms with van der Waals surface area (Å²) < 4.78 is 0. The van der Waals surface area contributed by atoms with Gasteiger partial charge >= 0.3 is 0 Å². The molecule has 0 aliphatic heterocycles. The molecule has 1 saturated carbocycles. The van der Waals surface area contributed by atoms with Gasteiger partial charge in [0.25, 0.3) is 0 Å². The van der Waals surface area contributed by atoms with E-state index in [2.05, 4.69) is 51.9 Å². The van der Waals surface area contributed by atoms with Crippen LogP contribution >= 0.6 is 0 Å². The fourth-order valence-electron chi connectivity index (χ4n) is 3.12. The van der Waals surface area contributed by atoms with Crippen molar-refractivity contribution in [2.24, 2.45) is 0 Å². The number of H-pyrrole nitrogens is 1. The second-order valence-corrected chi connectivity index (χ2v) is 6.14. The molecule has 0 radical (unpaired) electrons. The normalized spacial score (nSPS) is 19.7. The first-order chi connectivity index (χ1) is 11.3. The van der Waals surface area contributed by atoms with E-state index in [0.717, 1.165) is 23.5 Å². The molecule has 1 fully saturated rings. The van der Waals surface area contributed by atoms with Gasteiger partial charge in [0.2, 0.25) is 0 Å². The van der Waals surface area contributed by atoms with Crippen LogP contribution in [0.2, 0.25) is 0 Å². The summed E-state index contributed by atoms with van der Waals surface area (Å²) in [6, 6.07) is 19.2. The maximum atomic E-state index is 5.88. The van der Waals surface area contributed by atoms with Crippen LogP contribution in [-0.4, -0.2) is 16.2 Å². The predicted octanol–water partition coefficient (Wildman–Crippen LogP) is 3.30. The third-order valence-corrected chi connectivity index (χ3v) is 4.47. The van der Waals surface area contributed by atoms with Crippen molar-refractivity contribution < 1.29 is 0 Å². The molecule has 3 aromatic rings. The monoisotopic (exact) mass is 304 g/mol. The van der Waals surface area contributed by atoms with Gasteiger partial charge in [-0.15, -0.1) is 0 Å². The number of nitrogen functional groups attached to an aromatic ring is 1. The molecule has 0 bridgehead atoms. The van der Waals surface area contributed by atoms with Crippen molar-refractivity contribution in [3.63, 3.8) is 0 Å². The van der Waals surface area contributed by atoms with Gasteiger partial charge in [0.05, 0.1) is 11.9 Å². The molecular weight excluding hydrogens is 284 g/mol. The van der Waals surface area contributed by atoms with Crippen LogP contribution in [0.15, 0.2) is 60.8 Å². The van der Waals surface area contributed by atoms with Gasteiger partial charge in [0.15, 0.2) is 0 Å². The Morgan fingerprint density at radius 2 is 2.00 bits per heavy atom. The van der Waals surface area contributed by atoms with Gasteiger partial charge in [-0.1, -0.05) is 42.5 Å². The lowest BCUT2D eigenvalue weighted by molar-refractivity contribution is 0.674. The van der Waals surface area contributed by atoms with Crippen LogP contribution in [0.5, 0.6) is 0 Å². The molecule has 0 amide bonds. The molecule has 1 aliphatic rings. The molecule has 2 unspecified atom stereocenters. The molecule has 4 rings (SSSR count). The number of anilines is 1. The van der Waals surface area contributed by atoms with E-state index in [0.29, 0.717) is 12.0 Å². The Morgan fingerprint density at radius 1 is 1.13 bits per heavy atom. The zero-order valence-electron chi connectivity index (χ0n) is 12.9. The van der Waals surface area contributed by atoms with Crippen molar-refractivity contribution in [1.29, 1.82) is 0 Å². The molecular formula is C19H20N4. The fourth-order valence-corrected chi connectivity index (χ4v) is 3.12. The zero-order chi connectivity index (χ0) is 15.6. The van der Waals surface area contributed by atoms with Crippen molar-refractivity contribution in [3.05, 3.63) is 71.9 Å². The molecule has 2 atom stereocenters. The first-order valence-corrected chi connectivity index (χ1v) is 7.98. The lowest BCUT2D eigenvalue weighted by atomic mass is 10.1. The number of hydrogen-bond donors (Lipinski definition) is 3. The minimum absolute atomic E-state index is 0.556. The van der Waals surface area contributed by atoms with E-state index in [1.54, 1.807) is 0 Å². The van der Waals surface area contributed by atoms with Crippen molar-refractivity contribution >= 4 is 5.69 Å². The molecule has 1 aromatic heterocycles. The summed E-state index contributed by atoms with van der Waals surface area (Å²) in [5.41, 5.74) is 11.4. The zero-order valence-corrected chi connectivity index (χ0v) is 12.9. The first kappa shape index (κ1) is 14.0. The van der Waals surface area contributed by atoms with Crippen LogP contribution in [0.25, 0.3) is 11.3 Å². The van der Waals surface area contributed by atoms with E-state index in [1.165, 1.54) is 17.5 Å². The molecule has 4 nitrogen and oxygen atoms in total. The fraction of sp³-hybridized carbons (Fsp3) is 0.211. The predicted molar refractivity (Wildman–Crippen MR) is 92.9 cm³/mol. The quantitative estimate of drug-likeness (QED) is 0.634. The number of nitrogens with zero attached hydrogens (tertiary/aromatic N) is 1. The Balaban J connectivity index is 1.43. The van der Waals surface area contributed by atoms with Crippen molar-refractivity contribution in [3.8, 4) is 11.3 Å². The minimum atomic E-state index is 0.556. The molecule has 0 saturated heterocycles. The molecule has 0 spiro atoms. The van der Waals surface area contributed by atoms with E-state index in [-0.39, 0.29) is 0 Å². The highest BCUT2D eigenvalue weighted by Crippen LogP contribution is 2.40. The molecule has 2 aromatic carbocycles. The number of aromatic nitrogens is 2. The molecule has 116 valence electrons. The third-order valence-electron chi connectivity index (χ3n) is 4.47. The summed E-state index contributed by atoms with van der Waals surface area (Å²) in [6.07, 6.45) is 3.10. The van der Waals surface area contributed by atoms with Gasteiger partial charge in [-0.25, -0.2) is 0 Å². The van der Waals surface area contributed by atoms with Crippen LogP contribution in [0.4, 0.5) is 5.69 Å². The summed E-state index contributed by atoms with van der Waals surface area (Å²) in [5, 5.41) is 10.9. The maximum absolute atomic E-state index is 5.88. The van der Waals surface area contributed by atoms with Crippen LogP contribution < -0.4 is 11.1 Å². The van der Waals surface area contributed by atoms with E-state index in [1.807, 2.05) is 24.4 Å². The van der Waals surface area contributed by atoms with Crippen molar-refractivity contribution in [2.45, 2.75) is 24.9 Å². The largest absolute Gasteiger partial charge is 0.399 e. The van der Waals surface area contributed by atoms with Crippen molar-refractivity contribution in [2.75, 3.05) is 5.73 Å². The van der Waals surface area contributed by atoms with Gasteiger partial charge in [0.1, 0.15) is 0 Å². The standard InChI is InChI=1S/C19H20N4/c20-16-8-4-7-14(9-16)19-15(12-22-23-19)11-21-18-10-17(18)13-5-2-1-3-6-13/h1-9,12,17-18,21H,10-11,20H2,(H,22,23). The highest BCUT2D eigenvalue weighted by molar-refractivity contribution is 5.66. The second kappa shape index (κ2) is 5.89. The number of aromatic amines is 1. The molecule has 4 heteroatoms. The van der Waals surface area contributed by atoms with E-state index < -0.39 is 0 Å². The Morgan fingerprint density at radius 3 is 2.83 bits per heavy atom. The number of nitrogens with two attached hydrogens (primary N) is 1. The summed E-state index contributed by atoms with van der Waals surface area (Å²) in [5.74, 6) is 0.638. The van der Waals surface area contributed by atoms with E-state index in [4.69, 9.17) is 5.73 Å². The van der Waals surface area contributed by atoms with Crippen LogP contribution in [0, 0.1) is 0 Å². The lowest BCUT2D eigenvalue weighted by Gasteiger charge is -2.06. The summed E-state index contributed by atoms with van der Waals surface area (Å²) in [4.78, 5) is 0. The molecule has 4 N–H and O–H groups in total. The Labute approximate surface area is 135 Å². The summed E-state index contributed by atoms with van der Waals surface area (Å²) in [7, 11) is 0. The highest BCUT2D eigenvalue weighted by Gasteiger charge is 2.37. The average Bonchev–Trinajstić information content (AvgIpc) is 3.21. The highest BCUT2D eigenvalue weighted by atomic mass is 15.1. The second-order valence-electron chi connectivity index (χ2n) is 6.14. The van der Waals surface area contributed by atoms with Crippen LogP contribution in [0.1, 0.15) is 23.5 Å². The maximum Gasteiger partial charge on any atom is 0.0695 e. The minimum Gasteiger partial charge on any atom is -0.399 e. The molecule has 23 heavy (non-hydrogen) atoms. The van der Waals surface area contributed by atoms with E-state index >= 15 is 0 Å². The number of hydrogen-bond acceptors (Lipinski definition) is 3. The number of rotatable bonds is 5. The summed E-state index contributed by atoms with van der Waals surface area (Å²) >= 11 is 0. The molecule has 1 heterocycles. The topological polar surface area (TPSA) is 66.7 Å². The van der Waals surface area contributed by atoms with Gasteiger partial charge < -0.3 is 11.1 Å². The number of benzene rings is 2. The molecule has 1 aliphatic carbocycles.